The standard InChI is InChI=1S/C12H14BrNO/c13-6-2-8-15-11-5-4-10-3-1-7-14-12(10)9-11/h4-5,7,9H,1-3,6,8H2/i1D,7D. The third-order valence-electron chi connectivity index (χ3n) is 2.20. The van der Waals surface area contributed by atoms with Crippen LogP contribution in [0.15, 0.2) is 23.2 Å². The van der Waals surface area contributed by atoms with E-state index in [1.807, 2.05) is 18.2 Å². The first-order valence-corrected chi connectivity index (χ1v) is 6.12. The van der Waals surface area contributed by atoms with Gasteiger partial charge in [-0.1, -0.05) is 22.0 Å². The Morgan fingerprint density at radius 3 is 3.40 bits per heavy atom. The monoisotopic (exact) mass is 269 g/mol. The number of alkyl halides is 1. The highest BCUT2D eigenvalue weighted by molar-refractivity contribution is 9.09. The number of nitrogens with zero attached hydrogens (tertiary/aromatic N) is 1. The Balaban J connectivity index is 2.13. The first-order chi connectivity index (χ1) is 8.20. The molecule has 1 aromatic rings. The van der Waals surface area contributed by atoms with Crippen LogP contribution in [0.5, 0.6) is 5.75 Å². The average Bonchev–Trinajstić information content (AvgIpc) is 2.31. The smallest absolute Gasteiger partial charge is 0.121 e. The van der Waals surface area contributed by atoms with Crippen LogP contribution in [-0.4, -0.2) is 18.1 Å². The zero-order valence-corrected chi connectivity index (χ0v) is 9.96. The lowest BCUT2D eigenvalue weighted by atomic mass is 10.1. The highest BCUT2D eigenvalue weighted by Crippen LogP contribution is 2.28. The maximum atomic E-state index is 7.64. The minimum atomic E-state index is -0.525. The van der Waals surface area contributed by atoms with Crippen molar-refractivity contribution in [1.29, 1.82) is 0 Å². The number of fused-ring (bicyclic) bond motifs is 1. The molecule has 3 heteroatoms. The van der Waals surface area contributed by atoms with Gasteiger partial charge in [0, 0.05) is 19.0 Å². The lowest BCUT2D eigenvalue weighted by Crippen LogP contribution is -1.99. The summed E-state index contributed by atoms with van der Waals surface area (Å²) in [5.41, 5.74) is 1.80. The van der Waals surface area contributed by atoms with Gasteiger partial charge in [0.15, 0.2) is 0 Å². The van der Waals surface area contributed by atoms with Crippen molar-refractivity contribution in [2.24, 2.45) is 4.99 Å². The molecule has 0 bridgehead atoms. The van der Waals surface area contributed by atoms with E-state index in [2.05, 4.69) is 20.9 Å². The first-order valence-electron chi connectivity index (χ1n) is 6.07. The number of hydrogen-bond acceptors (Lipinski definition) is 2. The fourth-order valence-electron chi connectivity index (χ4n) is 1.43. The Morgan fingerprint density at radius 1 is 1.60 bits per heavy atom. The Kier molecular flexibility index (Phi) is 2.95. The van der Waals surface area contributed by atoms with Crippen molar-refractivity contribution >= 4 is 27.8 Å². The molecule has 0 saturated carbocycles. The summed E-state index contributed by atoms with van der Waals surface area (Å²) in [7, 11) is 0. The number of rotatable bonds is 4. The van der Waals surface area contributed by atoms with Crippen LogP contribution in [-0.2, 0) is 6.42 Å². The number of halogens is 1. The van der Waals surface area contributed by atoms with Crippen molar-refractivity contribution in [3.8, 4) is 5.75 Å². The summed E-state index contributed by atoms with van der Waals surface area (Å²) < 4.78 is 20.8. The van der Waals surface area contributed by atoms with Crippen LogP contribution in [0.3, 0.4) is 0 Å². The van der Waals surface area contributed by atoms with E-state index < -0.39 is 6.40 Å². The van der Waals surface area contributed by atoms with Crippen molar-refractivity contribution in [2.75, 3.05) is 11.9 Å². The van der Waals surface area contributed by atoms with E-state index in [0.717, 1.165) is 28.8 Å². The van der Waals surface area contributed by atoms with E-state index >= 15 is 0 Å². The lowest BCUT2D eigenvalue weighted by molar-refractivity contribution is 0.319. The molecule has 1 unspecified atom stereocenters. The predicted octanol–water partition coefficient (Wildman–Crippen LogP) is 3.50. The number of aryl methyl sites for hydroxylation is 1. The molecule has 1 heterocycles. The molecule has 0 saturated heterocycles. The summed E-state index contributed by atoms with van der Waals surface area (Å²) in [6.45, 7) is 0.669. The molecule has 1 atom stereocenters. The molecule has 1 aromatic carbocycles. The van der Waals surface area contributed by atoms with E-state index in [4.69, 9.17) is 7.48 Å². The molecule has 2 rings (SSSR count). The normalized spacial score (nSPS) is 21.1. The van der Waals surface area contributed by atoms with E-state index in [1.54, 1.807) is 0 Å². The molecule has 80 valence electrons. The second-order valence-electron chi connectivity index (χ2n) is 3.33. The van der Waals surface area contributed by atoms with E-state index in [0.29, 0.717) is 13.0 Å². The summed E-state index contributed by atoms with van der Waals surface area (Å²) >= 11 is 3.35. The van der Waals surface area contributed by atoms with Crippen molar-refractivity contribution < 1.29 is 7.48 Å². The molecule has 0 aliphatic carbocycles. The minimum absolute atomic E-state index is 0.134. The van der Waals surface area contributed by atoms with Crippen molar-refractivity contribution in [1.82, 2.24) is 0 Å². The third kappa shape index (κ3) is 2.81. The molecule has 0 N–H and O–H groups in total. The van der Waals surface area contributed by atoms with Gasteiger partial charge in [-0.15, -0.1) is 0 Å². The molecule has 1 aliphatic heterocycles. The van der Waals surface area contributed by atoms with Gasteiger partial charge < -0.3 is 4.74 Å². The van der Waals surface area contributed by atoms with Gasteiger partial charge in [-0.3, -0.25) is 4.99 Å². The summed E-state index contributed by atoms with van der Waals surface area (Å²) in [5.74, 6) is 0.782. The Bertz CT molecular complexity index is 437. The predicted molar refractivity (Wildman–Crippen MR) is 66.8 cm³/mol. The summed E-state index contributed by atoms with van der Waals surface area (Å²) in [6, 6.07) is 5.70. The van der Waals surface area contributed by atoms with Crippen LogP contribution < -0.4 is 4.74 Å². The molecular weight excluding hydrogens is 254 g/mol. The van der Waals surface area contributed by atoms with Gasteiger partial charge in [-0.25, -0.2) is 0 Å². The van der Waals surface area contributed by atoms with E-state index in [1.165, 1.54) is 0 Å². The molecule has 0 spiro atoms. The Labute approximate surface area is 101 Å². The molecule has 15 heavy (non-hydrogen) atoms. The fourth-order valence-corrected chi connectivity index (χ4v) is 1.65. The number of hydrogen-bond donors (Lipinski definition) is 0. The highest BCUT2D eigenvalue weighted by atomic mass is 79.9. The third-order valence-corrected chi connectivity index (χ3v) is 2.76. The van der Waals surface area contributed by atoms with Crippen LogP contribution in [0.25, 0.3) is 0 Å². The van der Waals surface area contributed by atoms with Gasteiger partial charge in [0.05, 0.1) is 13.7 Å². The summed E-state index contributed by atoms with van der Waals surface area (Å²) in [4.78, 5) is 4.12. The quantitative estimate of drug-likeness (QED) is 0.606. The van der Waals surface area contributed by atoms with Gasteiger partial charge in [0.1, 0.15) is 5.75 Å². The number of benzene rings is 1. The van der Waals surface area contributed by atoms with Crippen LogP contribution in [0.4, 0.5) is 5.69 Å². The maximum absolute atomic E-state index is 7.64. The first kappa shape index (κ1) is 8.34. The van der Waals surface area contributed by atoms with Gasteiger partial charge >= 0.3 is 0 Å². The highest BCUT2D eigenvalue weighted by Gasteiger charge is 2.06. The van der Waals surface area contributed by atoms with Crippen LogP contribution in [0, 0.1) is 0 Å². The van der Waals surface area contributed by atoms with Gasteiger partial charge in [-0.2, -0.15) is 0 Å². The number of ether oxygens (including phenoxy) is 1. The minimum Gasteiger partial charge on any atom is -0.493 e. The van der Waals surface area contributed by atoms with Crippen LogP contribution >= 0.6 is 15.9 Å². The maximum Gasteiger partial charge on any atom is 0.121 e. The molecule has 0 aromatic heterocycles. The second kappa shape index (κ2) is 5.31. The topological polar surface area (TPSA) is 21.6 Å². The summed E-state index contributed by atoms with van der Waals surface area (Å²) in [6.07, 6.45) is 1.14. The Hall–Kier alpha value is -0.830. The van der Waals surface area contributed by atoms with E-state index in [9.17, 15) is 0 Å². The zero-order valence-electron chi connectivity index (χ0n) is 10.4. The van der Waals surface area contributed by atoms with Crippen molar-refractivity contribution in [3.63, 3.8) is 0 Å². The molecule has 1 aliphatic rings. The van der Waals surface area contributed by atoms with Crippen LogP contribution in [0.2, 0.25) is 0 Å². The molecule has 0 radical (unpaired) electrons. The Morgan fingerprint density at radius 2 is 2.53 bits per heavy atom. The van der Waals surface area contributed by atoms with Gasteiger partial charge in [0.25, 0.3) is 0 Å². The number of aliphatic imine (C=N–C) groups is 1. The lowest BCUT2D eigenvalue weighted by Gasteiger charge is -2.11. The van der Waals surface area contributed by atoms with E-state index in [-0.39, 0.29) is 6.19 Å². The molecular formula is C12H14BrNO. The van der Waals surface area contributed by atoms with Crippen molar-refractivity contribution in [2.45, 2.75) is 19.2 Å². The second-order valence-corrected chi connectivity index (χ2v) is 4.12. The average molecular weight is 270 g/mol. The fraction of sp³-hybridized carbons (Fsp3) is 0.417. The SMILES string of the molecule is [2H]C1=Nc2cc(OCCCBr)ccc2CC1[2H]. The molecule has 2 nitrogen and oxygen atoms in total. The summed E-state index contributed by atoms with van der Waals surface area (Å²) in [5, 5.41) is 0.924. The largest absolute Gasteiger partial charge is 0.493 e. The molecule has 0 amide bonds. The zero-order chi connectivity index (χ0) is 12.3. The van der Waals surface area contributed by atoms with Gasteiger partial charge in [0.2, 0.25) is 0 Å². The van der Waals surface area contributed by atoms with Crippen molar-refractivity contribution in [3.05, 3.63) is 23.8 Å². The van der Waals surface area contributed by atoms with Crippen LogP contribution in [0.1, 0.15) is 21.1 Å². The van der Waals surface area contributed by atoms with Gasteiger partial charge in [-0.05, 0) is 30.9 Å². The molecule has 0 fully saturated rings.